The fourth-order valence-corrected chi connectivity index (χ4v) is 3.53. The summed E-state index contributed by atoms with van der Waals surface area (Å²) < 4.78 is 32.4. The molecule has 1 aliphatic heterocycles. The summed E-state index contributed by atoms with van der Waals surface area (Å²) in [4.78, 5) is 2.08. The number of methoxy groups -OCH3 is 1. The average Bonchev–Trinajstić information content (AvgIpc) is 3.31. The first-order chi connectivity index (χ1) is 13.5. The van der Waals surface area contributed by atoms with Crippen molar-refractivity contribution in [3.8, 4) is 16.9 Å². The molecule has 0 amide bonds. The van der Waals surface area contributed by atoms with Crippen molar-refractivity contribution in [2.24, 2.45) is 0 Å². The molecule has 0 bridgehead atoms. The second kappa shape index (κ2) is 7.34. The van der Waals surface area contributed by atoms with Gasteiger partial charge in [-0.2, -0.15) is 5.10 Å². The first kappa shape index (κ1) is 18.0. The fraction of sp³-hybridized carbons (Fsp3) is 0.190. The zero-order valence-corrected chi connectivity index (χ0v) is 15.4. The van der Waals surface area contributed by atoms with Crippen molar-refractivity contribution in [2.45, 2.75) is 12.5 Å². The van der Waals surface area contributed by atoms with E-state index in [0.717, 1.165) is 47.3 Å². The number of rotatable bonds is 5. The molecule has 3 aromatic rings. The van der Waals surface area contributed by atoms with E-state index in [9.17, 15) is 8.78 Å². The molecule has 1 saturated heterocycles. The maximum absolute atomic E-state index is 13.4. The second-order valence-electron chi connectivity index (χ2n) is 6.66. The van der Waals surface area contributed by atoms with Crippen LogP contribution in [-0.2, 0) is 0 Å². The van der Waals surface area contributed by atoms with Crippen molar-refractivity contribution < 1.29 is 13.5 Å². The Labute approximate surface area is 161 Å². The van der Waals surface area contributed by atoms with Crippen LogP contribution in [0.25, 0.3) is 11.1 Å². The highest BCUT2D eigenvalue weighted by atomic mass is 19.1. The van der Waals surface area contributed by atoms with E-state index in [0.29, 0.717) is 5.69 Å². The highest BCUT2D eigenvalue weighted by Crippen LogP contribution is 2.36. The molecule has 0 saturated carbocycles. The number of nitrogens with one attached hydrogen (secondary N) is 2. The summed E-state index contributed by atoms with van der Waals surface area (Å²) in [7, 11) is 1.63. The number of anilines is 2. The van der Waals surface area contributed by atoms with Crippen LogP contribution in [0.5, 0.6) is 5.75 Å². The fourth-order valence-electron chi connectivity index (χ4n) is 3.53. The Kier molecular flexibility index (Phi) is 4.73. The standard InChI is InChI=1S/C21H20F2N4O/c1-13-20(26-17-8-15(22)7-16(23)9-17)5-6-27(13)18-3-4-19(21(10-18)28-2)14-11-24-25-12-14/h3-4,7-12,20,26H,1,5-6H2,2H3,(H,24,25). The van der Waals surface area contributed by atoms with E-state index < -0.39 is 11.6 Å². The quantitative estimate of drug-likeness (QED) is 0.679. The predicted octanol–water partition coefficient (Wildman–Crippen LogP) is 4.57. The number of hydrogen-bond donors (Lipinski definition) is 2. The minimum atomic E-state index is -0.609. The lowest BCUT2D eigenvalue weighted by molar-refractivity contribution is 0.416. The minimum Gasteiger partial charge on any atom is -0.496 e. The molecule has 0 spiro atoms. The topological polar surface area (TPSA) is 53.2 Å². The molecule has 1 aliphatic rings. The molecule has 2 N–H and O–H groups in total. The number of aromatic amines is 1. The van der Waals surface area contributed by atoms with Crippen LogP contribution in [0.3, 0.4) is 0 Å². The van der Waals surface area contributed by atoms with Crippen LogP contribution in [0.2, 0.25) is 0 Å². The molecule has 1 unspecified atom stereocenters. The first-order valence-corrected chi connectivity index (χ1v) is 8.91. The van der Waals surface area contributed by atoms with Gasteiger partial charge >= 0.3 is 0 Å². The molecule has 5 nitrogen and oxygen atoms in total. The van der Waals surface area contributed by atoms with Gasteiger partial charge in [0, 0.05) is 53.1 Å². The van der Waals surface area contributed by atoms with Crippen LogP contribution in [0, 0.1) is 11.6 Å². The van der Waals surface area contributed by atoms with Crippen LogP contribution >= 0.6 is 0 Å². The van der Waals surface area contributed by atoms with Gasteiger partial charge in [0.05, 0.1) is 19.3 Å². The zero-order chi connectivity index (χ0) is 19.7. The van der Waals surface area contributed by atoms with Gasteiger partial charge < -0.3 is 15.0 Å². The Bertz CT molecular complexity index is 983. The number of benzene rings is 2. The number of hydrogen-bond acceptors (Lipinski definition) is 4. The first-order valence-electron chi connectivity index (χ1n) is 8.91. The molecule has 7 heteroatoms. The van der Waals surface area contributed by atoms with Crippen molar-refractivity contribution in [3.63, 3.8) is 0 Å². The molecule has 1 aromatic heterocycles. The Morgan fingerprint density at radius 2 is 2.00 bits per heavy atom. The molecule has 144 valence electrons. The predicted molar refractivity (Wildman–Crippen MR) is 105 cm³/mol. The summed E-state index contributed by atoms with van der Waals surface area (Å²) in [6.07, 6.45) is 4.32. The van der Waals surface area contributed by atoms with Crippen molar-refractivity contribution in [3.05, 3.63) is 72.7 Å². The SMILES string of the molecule is C=C1C(Nc2cc(F)cc(F)c2)CCN1c1ccc(-c2cn[nH]c2)c(OC)c1. The van der Waals surface area contributed by atoms with Gasteiger partial charge in [0.15, 0.2) is 0 Å². The summed E-state index contributed by atoms with van der Waals surface area (Å²) in [5.74, 6) is -0.486. The molecule has 2 heterocycles. The van der Waals surface area contributed by atoms with Gasteiger partial charge in [0.25, 0.3) is 0 Å². The van der Waals surface area contributed by atoms with Crippen LogP contribution in [0.4, 0.5) is 20.2 Å². The number of halogens is 2. The van der Waals surface area contributed by atoms with Crippen LogP contribution in [0.1, 0.15) is 6.42 Å². The number of nitrogens with zero attached hydrogens (tertiary/aromatic N) is 2. The molecule has 0 radical (unpaired) electrons. The molecule has 1 fully saturated rings. The van der Waals surface area contributed by atoms with E-state index in [1.807, 2.05) is 24.4 Å². The smallest absolute Gasteiger partial charge is 0.128 e. The van der Waals surface area contributed by atoms with Crippen molar-refractivity contribution >= 4 is 11.4 Å². The summed E-state index contributed by atoms with van der Waals surface area (Å²) in [5, 5.41) is 9.95. The molecule has 28 heavy (non-hydrogen) atoms. The highest BCUT2D eigenvalue weighted by Gasteiger charge is 2.28. The van der Waals surface area contributed by atoms with Gasteiger partial charge in [-0.05, 0) is 30.7 Å². The van der Waals surface area contributed by atoms with E-state index in [4.69, 9.17) is 4.74 Å². The lowest BCUT2D eigenvalue weighted by Crippen LogP contribution is -2.23. The Hall–Kier alpha value is -3.35. The highest BCUT2D eigenvalue weighted by molar-refractivity contribution is 5.74. The van der Waals surface area contributed by atoms with Gasteiger partial charge in [-0.3, -0.25) is 5.10 Å². The lowest BCUT2D eigenvalue weighted by Gasteiger charge is -2.23. The second-order valence-corrected chi connectivity index (χ2v) is 6.66. The largest absolute Gasteiger partial charge is 0.496 e. The normalized spacial score (nSPS) is 16.5. The summed E-state index contributed by atoms with van der Waals surface area (Å²) in [6, 6.07) is 9.24. The van der Waals surface area contributed by atoms with E-state index in [-0.39, 0.29) is 6.04 Å². The van der Waals surface area contributed by atoms with Crippen LogP contribution in [0.15, 0.2) is 61.1 Å². The minimum absolute atomic E-state index is 0.110. The molecule has 2 aromatic carbocycles. The average molecular weight is 382 g/mol. The maximum atomic E-state index is 13.4. The van der Waals surface area contributed by atoms with Crippen LogP contribution in [-0.4, -0.2) is 29.9 Å². The van der Waals surface area contributed by atoms with Crippen LogP contribution < -0.4 is 15.0 Å². The number of ether oxygens (including phenoxy) is 1. The van der Waals surface area contributed by atoms with E-state index in [2.05, 4.69) is 27.0 Å². The molecule has 1 atom stereocenters. The summed E-state index contributed by atoms with van der Waals surface area (Å²) in [5.41, 5.74) is 4.07. The molecular formula is C21H20F2N4O. The lowest BCUT2D eigenvalue weighted by atomic mass is 10.1. The van der Waals surface area contributed by atoms with E-state index >= 15 is 0 Å². The molecule has 4 rings (SSSR count). The Balaban J connectivity index is 1.55. The third-order valence-corrected chi connectivity index (χ3v) is 4.90. The van der Waals surface area contributed by atoms with Gasteiger partial charge in [0.1, 0.15) is 17.4 Å². The summed E-state index contributed by atoms with van der Waals surface area (Å²) >= 11 is 0. The van der Waals surface area contributed by atoms with Crippen molar-refractivity contribution in [1.29, 1.82) is 0 Å². The van der Waals surface area contributed by atoms with E-state index in [1.54, 1.807) is 13.3 Å². The van der Waals surface area contributed by atoms with Crippen molar-refractivity contribution in [1.82, 2.24) is 10.2 Å². The summed E-state index contributed by atoms with van der Waals surface area (Å²) in [6.45, 7) is 4.92. The van der Waals surface area contributed by atoms with Crippen molar-refractivity contribution in [2.75, 3.05) is 23.9 Å². The van der Waals surface area contributed by atoms with Gasteiger partial charge in [0.2, 0.25) is 0 Å². The monoisotopic (exact) mass is 382 g/mol. The van der Waals surface area contributed by atoms with E-state index in [1.165, 1.54) is 12.1 Å². The Morgan fingerprint density at radius 1 is 1.21 bits per heavy atom. The number of H-pyrrole nitrogens is 1. The van der Waals surface area contributed by atoms with Gasteiger partial charge in [-0.1, -0.05) is 6.58 Å². The van der Waals surface area contributed by atoms with Gasteiger partial charge in [-0.25, -0.2) is 8.78 Å². The molecule has 0 aliphatic carbocycles. The van der Waals surface area contributed by atoms with Gasteiger partial charge in [-0.15, -0.1) is 0 Å². The maximum Gasteiger partial charge on any atom is 0.128 e. The zero-order valence-electron chi connectivity index (χ0n) is 15.4. The third kappa shape index (κ3) is 3.43. The molecular weight excluding hydrogens is 362 g/mol. The third-order valence-electron chi connectivity index (χ3n) is 4.90. The Morgan fingerprint density at radius 3 is 2.68 bits per heavy atom. The number of aromatic nitrogens is 2.